The molecular weight excluding hydrogens is 251 g/mol. The monoisotopic (exact) mass is 276 g/mol. The van der Waals surface area contributed by atoms with Crippen molar-refractivity contribution in [2.75, 3.05) is 25.0 Å². The van der Waals surface area contributed by atoms with Gasteiger partial charge < -0.3 is 5.32 Å². The molecule has 0 bridgehead atoms. The molecule has 2 unspecified atom stereocenters. The van der Waals surface area contributed by atoms with E-state index < -0.39 is 0 Å². The van der Waals surface area contributed by atoms with Crippen LogP contribution in [0.3, 0.4) is 0 Å². The van der Waals surface area contributed by atoms with Crippen molar-refractivity contribution in [3.8, 4) is 0 Å². The molecule has 3 heteroatoms. The summed E-state index contributed by atoms with van der Waals surface area (Å²) >= 11 is 0. The topological polar surface area (TPSA) is 15.3 Å². The lowest BCUT2D eigenvalue weighted by molar-refractivity contribution is 0.0645. The minimum absolute atomic E-state index is 0.170. The van der Waals surface area contributed by atoms with Crippen LogP contribution in [0.4, 0.5) is 10.1 Å². The number of piperidine rings is 1. The van der Waals surface area contributed by atoms with E-state index in [1.165, 1.54) is 57.2 Å². The third-order valence-electron chi connectivity index (χ3n) is 4.93. The zero-order valence-electron chi connectivity index (χ0n) is 12.2. The fraction of sp³-hybridized carbons (Fsp3) is 0.647. The first-order chi connectivity index (χ1) is 9.83. The van der Waals surface area contributed by atoms with E-state index in [2.05, 4.69) is 10.2 Å². The summed E-state index contributed by atoms with van der Waals surface area (Å²) < 4.78 is 12.8. The van der Waals surface area contributed by atoms with Gasteiger partial charge in [0.2, 0.25) is 0 Å². The molecule has 1 saturated carbocycles. The molecule has 3 rings (SSSR count). The van der Waals surface area contributed by atoms with Crippen molar-refractivity contribution in [1.82, 2.24) is 4.90 Å². The van der Waals surface area contributed by atoms with Crippen LogP contribution in [-0.4, -0.2) is 30.6 Å². The van der Waals surface area contributed by atoms with Crippen molar-refractivity contribution in [3.05, 3.63) is 30.1 Å². The van der Waals surface area contributed by atoms with Gasteiger partial charge in [-0.25, -0.2) is 4.39 Å². The molecular formula is C17H25FN2. The van der Waals surface area contributed by atoms with Crippen LogP contribution in [0.5, 0.6) is 0 Å². The second kappa shape index (κ2) is 6.57. The molecule has 1 aromatic rings. The molecule has 0 radical (unpaired) electrons. The van der Waals surface area contributed by atoms with Gasteiger partial charge in [-0.1, -0.05) is 12.8 Å². The van der Waals surface area contributed by atoms with Crippen molar-refractivity contribution < 1.29 is 4.39 Å². The molecule has 2 nitrogen and oxygen atoms in total. The lowest BCUT2D eigenvalue weighted by Gasteiger charge is -2.44. The lowest BCUT2D eigenvalue weighted by Crippen LogP contribution is -2.48. The Bertz CT molecular complexity index is 416. The molecule has 2 fully saturated rings. The van der Waals surface area contributed by atoms with Crippen molar-refractivity contribution >= 4 is 5.69 Å². The number of hydrogen-bond donors (Lipinski definition) is 1. The second-order valence-electron chi connectivity index (χ2n) is 6.22. The van der Waals surface area contributed by atoms with Crippen molar-refractivity contribution in [2.45, 2.75) is 44.6 Å². The molecule has 1 aliphatic carbocycles. The predicted octanol–water partition coefficient (Wildman–Crippen LogP) is 3.89. The second-order valence-corrected chi connectivity index (χ2v) is 6.22. The van der Waals surface area contributed by atoms with Crippen molar-refractivity contribution in [1.29, 1.82) is 0 Å². The van der Waals surface area contributed by atoms with Gasteiger partial charge in [-0.15, -0.1) is 0 Å². The summed E-state index contributed by atoms with van der Waals surface area (Å²) in [5.41, 5.74) is 1.02. The fourth-order valence-corrected chi connectivity index (χ4v) is 3.92. The standard InChI is InChI=1S/C17H25FN2/c18-15-7-9-16(10-8-15)19-11-13-20-12-3-5-14-4-1-2-6-17(14)20/h7-10,14,17,19H,1-6,11-13H2. The van der Waals surface area contributed by atoms with Crippen LogP contribution in [0.15, 0.2) is 24.3 Å². The van der Waals surface area contributed by atoms with Gasteiger partial charge in [-0.05, 0) is 62.4 Å². The van der Waals surface area contributed by atoms with Crippen LogP contribution in [0.25, 0.3) is 0 Å². The SMILES string of the molecule is Fc1ccc(NCCN2CCCC3CCCCC32)cc1. The maximum atomic E-state index is 12.8. The van der Waals surface area contributed by atoms with Gasteiger partial charge in [-0.2, -0.15) is 0 Å². The van der Waals surface area contributed by atoms with E-state index in [1.54, 1.807) is 0 Å². The van der Waals surface area contributed by atoms with Gasteiger partial charge in [0.15, 0.2) is 0 Å². The molecule has 0 spiro atoms. The molecule has 1 aromatic carbocycles. The third kappa shape index (κ3) is 3.32. The molecule has 0 amide bonds. The van der Waals surface area contributed by atoms with Gasteiger partial charge in [-0.3, -0.25) is 4.90 Å². The number of fused-ring (bicyclic) bond motifs is 1. The van der Waals surface area contributed by atoms with Crippen LogP contribution < -0.4 is 5.32 Å². The summed E-state index contributed by atoms with van der Waals surface area (Å²) in [6.45, 7) is 3.32. The Kier molecular flexibility index (Phi) is 4.56. The molecule has 0 aromatic heterocycles. The molecule has 1 heterocycles. The largest absolute Gasteiger partial charge is 0.384 e. The van der Waals surface area contributed by atoms with E-state index in [1.807, 2.05) is 12.1 Å². The molecule has 1 aliphatic heterocycles. The normalized spacial score (nSPS) is 27.1. The first-order valence-electron chi connectivity index (χ1n) is 8.06. The van der Waals surface area contributed by atoms with Gasteiger partial charge in [0, 0.05) is 24.8 Å². The summed E-state index contributed by atoms with van der Waals surface area (Å²) in [6.07, 6.45) is 8.46. The van der Waals surface area contributed by atoms with E-state index in [0.717, 1.165) is 30.7 Å². The van der Waals surface area contributed by atoms with Gasteiger partial charge in [0.05, 0.1) is 0 Å². The Hall–Kier alpha value is -1.09. The predicted molar refractivity (Wildman–Crippen MR) is 81.4 cm³/mol. The highest BCUT2D eigenvalue weighted by atomic mass is 19.1. The summed E-state index contributed by atoms with van der Waals surface area (Å²) in [6, 6.07) is 7.48. The average Bonchev–Trinajstić information content (AvgIpc) is 2.49. The number of likely N-dealkylation sites (tertiary alicyclic amines) is 1. The number of benzene rings is 1. The third-order valence-corrected chi connectivity index (χ3v) is 4.93. The number of nitrogens with zero attached hydrogens (tertiary/aromatic N) is 1. The molecule has 2 atom stereocenters. The van der Waals surface area contributed by atoms with Crippen molar-refractivity contribution in [2.24, 2.45) is 5.92 Å². The van der Waals surface area contributed by atoms with Crippen LogP contribution in [0.2, 0.25) is 0 Å². The Labute approximate surface area is 121 Å². The minimum Gasteiger partial charge on any atom is -0.384 e. The Balaban J connectivity index is 1.48. The Morgan fingerprint density at radius 3 is 2.65 bits per heavy atom. The van der Waals surface area contributed by atoms with Crippen molar-refractivity contribution in [3.63, 3.8) is 0 Å². The van der Waals surface area contributed by atoms with E-state index in [-0.39, 0.29) is 5.82 Å². The zero-order valence-corrected chi connectivity index (χ0v) is 12.2. The van der Waals surface area contributed by atoms with Crippen LogP contribution in [0, 0.1) is 11.7 Å². The summed E-state index contributed by atoms with van der Waals surface area (Å²) in [5, 5.41) is 3.41. The Morgan fingerprint density at radius 1 is 1.05 bits per heavy atom. The maximum absolute atomic E-state index is 12.8. The molecule has 1 saturated heterocycles. The highest BCUT2D eigenvalue weighted by Gasteiger charge is 2.32. The van der Waals surface area contributed by atoms with Crippen LogP contribution in [0.1, 0.15) is 38.5 Å². The molecule has 20 heavy (non-hydrogen) atoms. The molecule has 2 aliphatic rings. The maximum Gasteiger partial charge on any atom is 0.123 e. The fourth-order valence-electron chi connectivity index (χ4n) is 3.92. The van der Waals surface area contributed by atoms with E-state index in [0.29, 0.717) is 0 Å². The first-order valence-corrected chi connectivity index (χ1v) is 8.06. The quantitative estimate of drug-likeness (QED) is 0.897. The minimum atomic E-state index is -0.170. The van der Waals surface area contributed by atoms with E-state index >= 15 is 0 Å². The lowest BCUT2D eigenvalue weighted by atomic mass is 9.78. The van der Waals surface area contributed by atoms with Gasteiger partial charge in [0.1, 0.15) is 5.82 Å². The first kappa shape index (κ1) is 13.9. The highest BCUT2D eigenvalue weighted by Crippen LogP contribution is 2.34. The number of nitrogens with one attached hydrogen (secondary N) is 1. The van der Waals surface area contributed by atoms with Crippen LogP contribution >= 0.6 is 0 Å². The van der Waals surface area contributed by atoms with E-state index in [4.69, 9.17) is 0 Å². The average molecular weight is 276 g/mol. The number of anilines is 1. The Morgan fingerprint density at radius 2 is 1.80 bits per heavy atom. The number of hydrogen-bond acceptors (Lipinski definition) is 2. The summed E-state index contributed by atoms with van der Waals surface area (Å²) in [5.74, 6) is 0.778. The van der Waals surface area contributed by atoms with Gasteiger partial charge in [0.25, 0.3) is 0 Å². The molecule has 1 N–H and O–H groups in total. The zero-order chi connectivity index (χ0) is 13.8. The number of rotatable bonds is 4. The number of halogens is 1. The summed E-state index contributed by atoms with van der Waals surface area (Å²) in [7, 11) is 0. The van der Waals surface area contributed by atoms with Gasteiger partial charge >= 0.3 is 0 Å². The van der Waals surface area contributed by atoms with E-state index in [9.17, 15) is 4.39 Å². The van der Waals surface area contributed by atoms with Crippen LogP contribution in [-0.2, 0) is 0 Å². The smallest absolute Gasteiger partial charge is 0.123 e. The highest BCUT2D eigenvalue weighted by molar-refractivity contribution is 5.42. The molecule has 110 valence electrons. The summed E-state index contributed by atoms with van der Waals surface area (Å²) in [4.78, 5) is 2.68.